The lowest BCUT2D eigenvalue weighted by molar-refractivity contribution is -0.114. The van der Waals surface area contributed by atoms with Crippen LogP contribution >= 0.6 is 11.6 Å². The summed E-state index contributed by atoms with van der Waals surface area (Å²) in [5, 5.41) is 6.51. The van der Waals surface area contributed by atoms with E-state index >= 15 is 0 Å². The molecule has 0 unspecified atom stereocenters. The maximum atomic E-state index is 12.9. The first kappa shape index (κ1) is 19.0. The van der Waals surface area contributed by atoms with E-state index in [1.165, 1.54) is 5.01 Å². The maximum absolute atomic E-state index is 12.9. The SMILES string of the molecule is CC1=NN(c2ccccc2)C(=O)/C1=C\c1ccccc1OCc1ccccc1Cl. The van der Waals surface area contributed by atoms with Crippen molar-refractivity contribution in [1.82, 2.24) is 0 Å². The second-order valence-corrected chi connectivity index (χ2v) is 7.02. The largest absolute Gasteiger partial charge is 0.488 e. The Kier molecular flexibility index (Phi) is 5.45. The number of anilines is 1. The Labute approximate surface area is 174 Å². The molecule has 144 valence electrons. The predicted molar refractivity (Wildman–Crippen MR) is 117 cm³/mol. The Morgan fingerprint density at radius 3 is 2.45 bits per heavy atom. The van der Waals surface area contributed by atoms with Crippen LogP contribution in [0.1, 0.15) is 18.1 Å². The molecule has 0 bridgehead atoms. The topological polar surface area (TPSA) is 41.9 Å². The van der Waals surface area contributed by atoms with Crippen LogP contribution in [0, 0.1) is 0 Å². The van der Waals surface area contributed by atoms with Gasteiger partial charge in [-0.1, -0.05) is 66.2 Å². The minimum Gasteiger partial charge on any atom is -0.488 e. The first-order valence-corrected chi connectivity index (χ1v) is 9.63. The zero-order chi connectivity index (χ0) is 20.2. The first-order valence-electron chi connectivity index (χ1n) is 9.25. The van der Waals surface area contributed by atoms with E-state index in [-0.39, 0.29) is 5.91 Å². The summed E-state index contributed by atoms with van der Waals surface area (Å²) in [7, 11) is 0. The number of carbonyl (C=O) groups is 1. The van der Waals surface area contributed by atoms with Gasteiger partial charge in [-0.25, -0.2) is 0 Å². The number of carbonyl (C=O) groups excluding carboxylic acids is 1. The zero-order valence-corrected chi connectivity index (χ0v) is 16.6. The van der Waals surface area contributed by atoms with Gasteiger partial charge in [-0.2, -0.15) is 10.1 Å². The van der Waals surface area contributed by atoms with E-state index in [1.54, 1.807) is 0 Å². The number of amides is 1. The molecule has 0 aliphatic carbocycles. The van der Waals surface area contributed by atoms with E-state index < -0.39 is 0 Å². The molecule has 0 fully saturated rings. The van der Waals surface area contributed by atoms with E-state index in [0.717, 1.165) is 16.8 Å². The van der Waals surface area contributed by atoms with Gasteiger partial charge < -0.3 is 4.74 Å². The van der Waals surface area contributed by atoms with Crippen molar-refractivity contribution in [3.63, 3.8) is 0 Å². The van der Waals surface area contributed by atoms with Crippen LogP contribution in [0.25, 0.3) is 6.08 Å². The molecule has 1 aliphatic heterocycles. The summed E-state index contributed by atoms with van der Waals surface area (Å²) in [6.07, 6.45) is 1.83. The van der Waals surface area contributed by atoms with Crippen LogP contribution in [-0.2, 0) is 11.4 Å². The molecule has 1 aliphatic rings. The van der Waals surface area contributed by atoms with Crippen molar-refractivity contribution in [3.8, 4) is 5.75 Å². The van der Waals surface area contributed by atoms with Crippen LogP contribution in [-0.4, -0.2) is 11.6 Å². The Morgan fingerprint density at radius 2 is 1.66 bits per heavy atom. The average molecular weight is 403 g/mol. The molecule has 29 heavy (non-hydrogen) atoms. The monoisotopic (exact) mass is 402 g/mol. The van der Waals surface area contributed by atoms with Gasteiger partial charge in [0.15, 0.2) is 0 Å². The summed E-state index contributed by atoms with van der Waals surface area (Å²) in [4.78, 5) is 12.9. The minimum absolute atomic E-state index is 0.158. The predicted octanol–water partition coefficient (Wildman–Crippen LogP) is 5.73. The molecule has 4 nitrogen and oxygen atoms in total. The summed E-state index contributed by atoms with van der Waals surface area (Å²) in [6, 6.07) is 24.6. The molecule has 0 saturated carbocycles. The molecule has 0 radical (unpaired) electrons. The number of halogens is 1. The van der Waals surface area contributed by atoms with E-state index in [2.05, 4.69) is 5.10 Å². The van der Waals surface area contributed by atoms with Gasteiger partial charge in [0.05, 0.1) is 17.0 Å². The number of hydrazone groups is 1. The molecular weight excluding hydrogens is 384 g/mol. The van der Waals surface area contributed by atoms with E-state index in [9.17, 15) is 4.79 Å². The summed E-state index contributed by atoms with van der Waals surface area (Å²) < 4.78 is 6.00. The highest BCUT2D eigenvalue weighted by Gasteiger charge is 2.28. The average Bonchev–Trinajstić information content (AvgIpc) is 3.03. The highest BCUT2D eigenvalue weighted by atomic mass is 35.5. The molecule has 0 aromatic heterocycles. The fourth-order valence-corrected chi connectivity index (χ4v) is 3.28. The van der Waals surface area contributed by atoms with Gasteiger partial charge in [0.2, 0.25) is 0 Å². The highest BCUT2D eigenvalue weighted by Crippen LogP contribution is 2.28. The molecule has 1 amide bonds. The molecule has 0 atom stereocenters. The van der Waals surface area contributed by atoms with Crippen LogP contribution in [0.2, 0.25) is 5.02 Å². The van der Waals surface area contributed by atoms with Gasteiger partial charge >= 0.3 is 0 Å². The molecule has 1 heterocycles. The van der Waals surface area contributed by atoms with E-state index in [4.69, 9.17) is 16.3 Å². The van der Waals surface area contributed by atoms with Gasteiger partial charge in [0, 0.05) is 16.1 Å². The Morgan fingerprint density at radius 1 is 0.966 bits per heavy atom. The second kappa shape index (κ2) is 8.33. The highest BCUT2D eigenvalue weighted by molar-refractivity contribution is 6.32. The van der Waals surface area contributed by atoms with Crippen molar-refractivity contribution >= 4 is 35.0 Å². The lowest BCUT2D eigenvalue weighted by Gasteiger charge is -2.12. The smallest absolute Gasteiger partial charge is 0.280 e. The molecule has 4 rings (SSSR count). The van der Waals surface area contributed by atoms with Crippen LogP contribution < -0.4 is 9.75 Å². The molecule has 5 heteroatoms. The number of ether oxygens (including phenoxy) is 1. The van der Waals surface area contributed by atoms with Crippen LogP contribution in [0.15, 0.2) is 89.5 Å². The molecule has 0 saturated heterocycles. The fraction of sp³-hybridized carbons (Fsp3) is 0.0833. The number of hydrogen-bond donors (Lipinski definition) is 0. The summed E-state index contributed by atoms with van der Waals surface area (Å²) >= 11 is 6.22. The van der Waals surface area contributed by atoms with E-state index in [1.807, 2.05) is 91.9 Å². The standard InChI is InChI=1S/C24H19ClN2O2/c1-17-21(24(28)27(26-17)20-11-3-2-4-12-20)15-18-9-6-8-14-23(18)29-16-19-10-5-7-13-22(19)25/h2-15H,16H2,1H3/b21-15-. The van der Waals surface area contributed by atoms with Crippen molar-refractivity contribution in [1.29, 1.82) is 0 Å². The zero-order valence-electron chi connectivity index (χ0n) is 15.9. The van der Waals surface area contributed by atoms with Gasteiger partial charge in [0.25, 0.3) is 5.91 Å². The summed E-state index contributed by atoms with van der Waals surface area (Å²) in [5.74, 6) is 0.522. The Bertz CT molecular complexity index is 1110. The molecule has 0 N–H and O–H groups in total. The molecule has 3 aromatic carbocycles. The van der Waals surface area contributed by atoms with Crippen molar-refractivity contribution in [2.24, 2.45) is 5.10 Å². The normalized spacial score (nSPS) is 15.0. The number of rotatable bonds is 5. The molecule has 3 aromatic rings. The molecular formula is C24H19ClN2O2. The van der Waals surface area contributed by atoms with Gasteiger partial charge in [-0.15, -0.1) is 0 Å². The quantitative estimate of drug-likeness (QED) is 0.512. The van der Waals surface area contributed by atoms with E-state index in [0.29, 0.717) is 28.7 Å². The number of nitrogens with zero attached hydrogens (tertiary/aromatic N) is 2. The van der Waals surface area contributed by atoms with Gasteiger partial charge in [0.1, 0.15) is 12.4 Å². The van der Waals surface area contributed by atoms with Crippen LogP contribution in [0.3, 0.4) is 0 Å². The number of para-hydroxylation sites is 2. The van der Waals surface area contributed by atoms with Crippen molar-refractivity contribution in [3.05, 3.63) is 101 Å². The second-order valence-electron chi connectivity index (χ2n) is 6.61. The van der Waals surface area contributed by atoms with Crippen LogP contribution in [0.4, 0.5) is 5.69 Å². The minimum atomic E-state index is -0.158. The van der Waals surface area contributed by atoms with Gasteiger partial charge in [-0.05, 0) is 37.3 Å². The lowest BCUT2D eigenvalue weighted by atomic mass is 10.1. The van der Waals surface area contributed by atoms with Crippen molar-refractivity contribution in [2.45, 2.75) is 13.5 Å². The van der Waals surface area contributed by atoms with Crippen LogP contribution in [0.5, 0.6) is 5.75 Å². The summed E-state index contributed by atoms with van der Waals surface area (Å²) in [6.45, 7) is 2.18. The third-order valence-corrected chi connectivity index (χ3v) is 4.99. The first-order chi connectivity index (χ1) is 14.1. The van der Waals surface area contributed by atoms with Gasteiger partial charge in [-0.3, -0.25) is 4.79 Å². The fourth-order valence-electron chi connectivity index (χ4n) is 3.09. The number of benzene rings is 3. The third-order valence-electron chi connectivity index (χ3n) is 4.62. The maximum Gasteiger partial charge on any atom is 0.280 e. The summed E-state index contributed by atoms with van der Waals surface area (Å²) in [5.41, 5.74) is 3.67. The molecule has 0 spiro atoms. The lowest BCUT2D eigenvalue weighted by Crippen LogP contribution is -2.21. The number of hydrogen-bond acceptors (Lipinski definition) is 3. The Balaban J connectivity index is 1.60. The Hall–Kier alpha value is -3.37. The van der Waals surface area contributed by atoms with Crippen molar-refractivity contribution < 1.29 is 9.53 Å². The van der Waals surface area contributed by atoms with Crippen molar-refractivity contribution in [2.75, 3.05) is 5.01 Å². The third kappa shape index (κ3) is 4.08.